The Kier molecular flexibility index (Phi) is 4.34. The van der Waals surface area contributed by atoms with Crippen LogP contribution in [0.5, 0.6) is 0 Å². The minimum atomic E-state index is -0.155. The number of carbonyl (C=O) groups excluding carboxylic acids is 1. The number of carbonyl (C=O) groups is 1. The van der Waals surface area contributed by atoms with Crippen LogP contribution in [0.1, 0.15) is 30.7 Å². The SMILES string of the molecule is CC(C)Cn1[nH]c(CC(=O)N2Cc3ccccc3CO2)cc1=O. The second-order valence-corrected chi connectivity index (χ2v) is 6.27. The molecule has 0 saturated heterocycles. The van der Waals surface area contributed by atoms with Crippen LogP contribution in [0.2, 0.25) is 0 Å². The summed E-state index contributed by atoms with van der Waals surface area (Å²) in [5, 5.41) is 4.38. The number of hydrogen-bond donors (Lipinski definition) is 1. The van der Waals surface area contributed by atoms with Gasteiger partial charge in [0.05, 0.1) is 13.0 Å². The average molecular weight is 315 g/mol. The molecule has 0 fully saturated rings. The van der Waals surface area contributed by atoms with Gasteiger partial charge in [0.15, 0.2) is 0 Å². The van der Waals surface area contributed by atoms with Crippen molar-refractivity contribution in [2.24, 2.45) is 5.92 Å². The molecule has 1 N–H and O–H groups in total. The molecular formula is C17H21N3O3. The summed E-state index contributed by atoms with van der Waals surface area (Å²) in [6.45, 7) is 5.52. The third-order valence-electron chi connectivity index (χ3n) is 3.82. The number of hydrogen-bond acceptors (Lipinski definition) is 3. The summed E-state index contributed by atoms with van der Waals surface area (Å²) in [5.41, 5.74) is 2.71. The van der Waals surface area contributed by atoms with Gasteiger partial charge in [-0.15, -0.1) is 0 Å². The van der Waals surface area contributed by atoms with Gasteiger partial charge < -0.3 is 0 Å². The van der Waals surface area contributed by atoms with E-state index in [1.165, 1.54) is 11.1 Å². The molecule has 0 radical (unpaired) electrons. The summed E-state index contributed by atoms with van der Waals surface area (Å²) >= 11 is 0. The zero-order valence-electron chi connectivity index (χ0n) is 13.4. The zero-order valence-corrected chi connectivity index (χ0v) is 13.4. The van der Waals surface area contributed by atoms with Crippen molar-refractivity contribution in [2.75, 3.05) is 0 Å². The van der Waals surface area contributed by atoms with Gasteiger partial charge in [-0.2, -0.15) is 0 Å². The molecule has 2 heterocycles. The lowest BCUT2D eigenvalue weighted by atomic mass is 10.1. The maximum Gasteiger partial charge on any atom is 0.266 e. The van der Waals surface area contributed by atoms with Crippen molar-refractivity contribution in [3.8, 4) is 0 Å². The first-order valence-corrected chi connectivity index (χ1v) is 7.81. The van der Waals surface area contributed by atoms with E-state index in [9.17, 15) is 9.59 Å². The Bertz CT molecular complexity index is 760. The van der Waals surface area contributed by atoms with E-state index in [0.29, 0.717) is 31.3 Å². The van der Waals surface area contributed by atoms with Crippen molar-refractivity contribution in [1.82, 2.24) is 14.8 Å². The number of fused-ring (bicyclic) bond motifs is 1. The minimum absolute atomic E-state index is 0.105. The monoisotopic (exact) mass is 315 g/mol. The van der Waals surface area contributed by atoms with Crippen molar-refractivity contribution >= 4 is 5.91 Å². The van der Waals surface area contributed by atoms with Crippen LogP contribution in [0.3, 0.4) is 0 Å². The Hall–Kier alpha value is -2.34. The predicted molar refractivity (Wildman–Crippen MR) is 85.4 cm³/mol. The Morgan fingerprint density at radius 1 is 1.30 bits per heavy atom. The highest BCUT2D eigenvalue weighted by Gasteiger charge is 2.22. The van der Waals surface area contributed by atoms with E-state index in [-0.39, 0.29) is 17.9 Å². The highest BCUT2D eigenvalue weighted by molar-refractivity contribution is 5.77. The maximum atomic E-state index is 12.4. The molecule has 2 aromatic rings. The molecule has 1 aliphatic rings. The number of amides is 1. The molecule has 0 bridgehead atoms. The largest absolute Gasteiger partial charge is 0.299 e. The minimum Gasteiger partial charge on any atom is -0.299 e. The van der Waals surface area contributed by atoms with E-state index in [4.69, 9.17) is 4.84 Å². The van der Waals surface area contributed by atoms with Gasteiger partial charge in [0.2, 0.25) is 0 Å². The van der Waals surface area contributed by atoms with Gasteiger partial charge in [0, 0.05) is 18.3 Å². The molecule has 1 aromatic heterocycles. The molecule has 1 aromatic carbocycles. The number of benzene rings is 1. The maximum absolute atomic E-state index is 12.4. The van der Waals surface area contributed by atoms with E-state index in [0.717, 1.165) is 11.1 Å². The fourth-order valence-electron chi connectivity index (χ4n) is 2.69. The van der Waals surface area contributed by atoms with Crippen LogP contribution < -0.4 is 5.56 Å². The summed E-state index contributed by atoms with van der Waals surface area (Å²) in [6.07, 6.45) is 0.127. The third-order valence-corrected chi connectivity index (χ3v) is 3.82. The van der Waals surface area contributed by atoms with Crippen LogP contribution in [-0.2, 0) is 35.7 Å². The van der Waals surface area contributed by atoms with E-state index < -0.39 is 0 Å². The van der Waals surface area contributed by atoms with Gasteiger partial charge >= 0.3 is 0 Å². The number of H-pyrrole nitrogens is 1. The molecule has 0 atom stereocenters. The summed E-state index contributed by atoms with van der Waals surface area (Å²) in [6, 6.07) is 9.40. The number of rotatable bonds is 4. The van der Waals surface area contributed by atoms with Gasteiger partial charge in [0.25, 0.3) is 11.5 Å². The highest BCUT2D eigenvalue weighted by Crippen LogP contribution is 2.20. The average Bonchev–Trinajstić information content (AvgIpc) is 2.85. The first-order valence-electron chi connectivity index (χ1n) is 7.81. The van der Waals surface area contributed by atoms with Crippen molar-refractivity contribution in [3.63, 3.8) is 0 Å². The van der Waals surface area contributed by atoms with Gasteiger partial charge in [-0.25, -0.2) is 5.06 Å². The second-order valence-electron chi connectivity index (χ2n) is 6.27. The van der Waals surface area contributed by atoms with Gasteiger partial charge in [-0.3, -0.25) is 24.2 Å². The molecule has 1 amide bonds. The molecule has 3 rings (SSSR count). The van der Waals surface area contributed by atoms with E-state index in [1.54, 1.807) is 4.68 Å². The first-order chi connectivity index (χ1) is 11.0. The summed E-state index contributed by atoms with van der Waals surface area (Å²) in [7, 11) is 0. The quantitative estimate of drug-likeness (QED) is 0.936. The Morgan fingerprint density at radius 2 is 2.04 bits per heavy atom. The van der Waals surface area contributed by atoms with Crippen LogP contribution >= 0.6 is 0 Å². The summed E-state index contributed by atoms with van der Waals surface area (Å²) in [4.78, 5) is 29.8. The van der Waals surface area contributed by atoms with Crippen molar-refractivity contribution < 1.29 is 9.63 Å². The molecule has 0 saturated carbocycles. The Balaban J connectivity index is 1.67. The van der Waals surface area contributed by atoms with E-state index in [2.05, 4.69) is 5.10 Å². The highest BCUT2D eigenvalue weighted by atomic mass is 16.7. The fraction of sp³-hybridized carbons (Fsp3) is 0.412. The molecule has 0 spiro atoms. The number of hydroxylamine groups is 2. The molecular weight excluding hydrogens is 294 g/mol. The van der Waals surface area contributed by atoms with Crippen LogP contribution in [0.15, 0.2) is 35.1 Å². The second kappa shape index (κ2) is 6.42. The van der Waals surface area contributed by atoms with Crippen molar-refractivity contribution in [3.05, 3.63) is 57.5 Å². The topological polar surface area (TPSA) is 67.3 Å². The lowest BCUT2D eigenvalue weighted by Crippen LogP contribution is -2.35. The third kappa shape index (κ3) is 3.53. The molecule has 6 heteroatoms. The lowest BCUT2D eigenvalue weighted by molar-refractivity contribution is -0.200. The molecule has 0 unspecified atom stereocenters. The Labute approximate surface area is 134 Å². The van der Waals surface area contributed by atoms with Gasteiger partial charge in [-0.05, 0) is 17.0 Å². The molecule has 0 aliphatic carbocycles. The molecule has 6 nitrogen and oxygen atoms in total. The molecule has 23 heavy (non-hydrogen) atoms. The normalized spacial score (nSPS) is 14.1. The number of nitrogens with zero attached hydrogens (tertiary/aromatic N) is 2. The van der Waals surface area contributed by atoms with Crippen molar-refractivity contribution in [1.29, 1.82) is 0 Å². The summed E-state index contributed by atoms with van der Waals surface area (Å²) < 4.78 is 1.54. The summed E-state index contributed by atoms with van der Waals surface area (Å²) in [5.74, 6) is 0.203. The standard InChI is InChI=1S/C17H21N3O3/c1-12(2)9-19-16(21)7-15(18-19)8-17(22)20-10-13-5-3-4-6-14(13)11-23-20/h3-7,12,18H,8-11H2,1-2H3. The number of aromatic nitrogens is 2. The van der Waals surface area contributed by atoms with Gasteiger partial charge in [0.1, 0.15) is 6.61 Å². The smallest absolute Gasteiger partial charge is 0.266 e. The number of aromatic amines is 1. The fourth-order valence-corrected chi connectivity index (χ4v) is 2.69. The predicted octanol–water partition coefficient (Wildman–Crippen LogP) is 1.85. The van der Waals surface area contributed by atoms with Crippen LogP contribution in [-0.4, -0.2) is 20.8 Å². The number of nitrogens with one attached hydrogen (secondary N) is 1. The van der Waals surface area contributed by atoms with Crippen LogP contribution in [0.25, 0.3) is 0 Å². The molecule has 122 valence electrons. The van der Waals surface area contributed by atoms with Crippen molar-refractivity contribution in [2.45, 2.75) is 40.0 Å². The molecule has 1 aliphatic heterocycles. The first kappa shape index (κ1) is 15.6. The van der Waals surface area contributed by atoms with E-state index >= 15 is 0 Å². The van der Waals surface area contributed by atoms with Gasteiger partial charge in [-0.1, -0.05) is 38.1 Å². The Morgan fingerprint density at radius 3 is 2.78 bits per heavy atom. The van der Waals surface area contributed by atoms with Crippen LogP contribution in [0, 0.1) is 5.92 Å². The lowest BCUT2D eigenvalue weighted by Gasteiger charge is -2.27. The zero-order chi connectivity index (χ0) is 16.4. The van der Waals surface area contributed by atoms with E-state index in [1.807, 2.05) is 38.1 Å². The van der Waals surface area contributed by atoms with Crippen LogP contribution in [0.4, 0.5) is 0 Å².